The monoisotopic (exact) mass is 550 g/mol. The number of halogens is 2. The van der Waals surface area contributed by atoms with E-state index < -0.39 is 5.90 Å². The molecule has 4 heterocycles. The number of thiophene rings is 1. The van der Waals surface area contributed by atoms with Crippen LogP contribution in [0, 0.1) is 5.82 Å². The zero-order chi connectivity index (χ0) is 26.2. The number of aromatic nitrogens is 3. The van der Waals surface area contributed by atoms with E-state index in [9.17, 15) is 9.50 Å². The van der Waals surface area contributed by atoms with Crippen LogP contribution < -0.4 is 20.6 Å². The molecule has 2 N–H and O–H groups in total. The number of fused-ring (bicyclic) bond motifs is 1. The van der Waals surface area contributed by atoms with Crippen molar-refractivity contribution in [1.29, 1.82) is 0 Å². The highest BCUT2D eigenvalue weighted by molar-refractivity contribution is 7.21. The molecule has 0 unspecified atom stereocenters. The Hall–Kier alpha value is -4.06. The van der Waals surface area contributed by atoms with Crippen molar-refractivity contribution in [3.05, 3.63) is 76.5 Å². The second-order valence-electron chi connectivity index (χ2n) is 8.54. The van der Waals surface area contributed by atoms with Crippen molar-refractivity contribution in [3.8, 4) is 22.4 Å². The van der Waals surface area contributed by atoms with Gasteiger partial charge in [-0.15, -0.1) is 16.3 Å². The first-order chi connectivity index (χ1) is 18.5. The molecule has 5 aromatic rings. The Labute approximate surface area is 225 Å². The van der Waals surface area contributed by atoms with Gasteiger partial charge in [-0.3, -0.25) is 4.52 Å². The molecule has 9 nitrogen and oxygen atoms in total. The van der Waals surface area contributed by atoms with Gasteiger partial charge >= 0.3 is 5.88 Å². The zero-order valence-electron chi connectivity index (χ0n) is 19.8. The first-order valence-corrected chi connectivity index (χ1v) is 12.9. The van der Waals surface area contributed by atoms with Crippen LogP contribution in [-0.2, 0) is 4.74 Å². The van der Waals surface area contributed by atoms with Crippen LogP contribution in [0.2, 0.25) is 5.02 Å². The van der Waals surface area contributed by atoms with E-state index in [1.54, 1.807) is 24.3 Å². The fraction of sp³-hybridized carbons (Fsp3) is 0.154. The van der Waals surface area contributed by atoms with Crippen LogP contribution in [0.25, 0.3) is 32.6 Å². The first kappa shape index (κ1) is 24.3. The summed E-state index contributed by atoms with van der Waals surface area (Å²) >= 11 is 7.18. The lowest BCUT2D eigenvalue weighted by Gasteiger charge is -2.18. The number of morpholine rings is 1. The summed E-state index contributed by atoms with van der Waals surface area (Å²) in [5.74, 6) is -0.938. The molecule has 1 aliphatic rings. The van der Waals surface area contributed by atoms with E-state index >= 15 is 0 Å². The number of anilines is 1. The van der Waals surface area contributed by atoms with Crippen molar-refractivity contribution in [1.82, 2.24) is 10.3 Å². The smallest absolute Gasteiger partial charge is 0.324 e. The lowest BCUT2D eigenvalue weighted by molar-refractivity contribution is -0.759. The number of hydrogen-bond acceptors (Lipinski definition) is 9. The first-order valence-electron chi connectivity index (χ1n) is 11.7. The van der Waals surface area contributed by atoms with E-state index in [1.165, 1.54) is 23.1 Å². The van der Waals surface area contributed by atoms with Crippen molar-refractivity contribution in [3.63, 3.8) is 0 Å². The van der Waals surface area contributed by atoms with Gasteiger partial charge in [-0.05, 0) is 41.5 Å². The van der Waals surface area contributed by atoms with Crippen LogP contribution in [0.1, 0.15) is 4.88 Å². The van der Waals surface area contributed by atoms with E-state index in [-0.39, 0.29) is 22.3 Å². The molecular formula is C26H20ClFN6O3S. The third-order valence-electron chi connectivity index (χ3n) is 6.10. The maximum Gasteiger partial charge on any atom is 0.324 e. The number of pyridine rings is 1. The number of nitrogens with two attached hydrogens (primary N) is 1. The van der Waals surface area contributed by atoms with E-state index in [0.717, 1.165) is 16.9 Å². The van der Waals surface area contributed by atoms with E-state index in [2.05, 4.69) is 10.3 Å². The molecule has 3 aromatic heterocycles. The topological polar surface area (TPSA) is 117 Å². The molecule has 0 aliphatic carbocycles. The van der Waals surface area contributed by atoms with Crippen LogP contribution in [0.5, 0.6) is 0 Å². The van der Waals surface area contributed by atoms with Gasteiger partial charge < -0.3 is 15.6 Å². The molecule has 0 amide bonds. The summed E-state index contributed by atoms with van der Waals surface area (Å²) in [6, 6.07) is 15.2. The van der Waals surface area contributed by atoms with Gasteiger partial charge in [0, 0.05) is 21.9 Å². The Bertz CT molecular complexity index is 1660. The maximum atomic E-state index is 14.2. The van der Waals surface area contributed by atoms with Gasteiger partial charge in [-0.1, -0.05) is 35.9 Å². The Morgan fingerprint density at radius 2 is 1.92 bits per heavy atom. The average molecular weight is 551 g/mol. The molecule has 0 saturated carbocycles. The van der Waals surface area contributed by atoms with Gasteiger partial charge in [-0.2, -0.15) is 0 Å². The summed E-state index contributed by atoms with van der Waals surface area (Å²) in [5, 5.41) is 20.2. The fourth-order valence-electron chi connectivity index (χ4n) is 4.25. The Morgan fingerprint density at radius 3 is 2.68 bits per heavy atom. The predicted molar refractivity (Wildman–Crippen MR) is 142 cm³/mol. The molecule has 1 fully saturated rings. The van der Waals surface area contributed by atoms with Gasteiger partial charge in [-0.25, -0.2) is 14.4 Å². The van der Waals surface area contributed by atoms with Gasteiger partial charge in [0.25, 0.3) is 6.20 Å². The molecule has 38 heavy (non-hydrogen) atoms. The highest BCUT2D eigenvalue weighted by Crippen LogP contribution is 2.41. The molecule has 0 bridgehead atoms. The number of aliphatic imine (C=N–C) groups is 1. The number of rotatable bonds is 5. The van der Waals surface area contributed by atoms with Crippen LogP contribution in [0.3, 0.4) is 0 Å². The molecule has 192 valence electrons. The van der Waals surface area contributed by atoms with Gasteiger partial charge in [0.05, 0.1) is 47.4 Å². The van der Waals surface area contributed by atoms with Crippen molar-refractivity contribution in [2.45, 2.75) is 0 Å². The van der Waals surface area contributed by atoms with Gasteiger partial charge in [0.15, 0.2) is 0 Å². The summed E-state index contributed by atoms with van der Waals surface area (Å²) in [7, 11) is 0. The lowest BCUT2D eigenvalue weighted by Crippen LogP contribution is -2.62. The van der Waals surface area contributed by atoms with Crippen LogP contribution in [0.4, 0.5) is 16.0 Å². The Morgan fingerprint density at radius 1 is 1.13 bits per heavy atom. The minimum absolute atomic E-state index is 0.0403. The minimum Gasteiger partial charge on any atom is -0.857 e. The van der Waals surface area contributed by atoms with Crippen LogP contribution in [-0.4, -0.2) is 42.5 Å². The molecule has 0 atom stereocenters. The molecule has 0 spiro atoms. The Balaban J connectivity index is 1.45. The van der Waals surface area contributed by atoms with Gasteiger partial charge in [0.1, 0.15) is 10.6 Å². The molecular weight excluding hydrogens is 531 g/mol. The highest BCUT2D eigenvalue weighted by Gasteiger charge is 2.23. The quantitative estimate of drug-likeness (QED) is 0.201. The van der Waals surface area contributed by atoms with Crippen molar-refractivity contribution in [2.24, 2.45) is 4.99 Å². The third-order valence-corrected chi connectivity index (χ3v) is 7.44. The summed E-state index contributed by atoms with van der Waals surface area (Å²) in [4.78, 5) is 11.1. The number of nitrogens with zero attached hydrogens (tertiary/aromatic N) is 5. The second kappa shape index (κ2) is 10.0. The molecule has 1 aliphatic heterocycles. The summed E-state index contributed by atoms with van der Waals surface area (Å²) in [5.41, 5.74) is 9.42. The normalized spacial score (nSPS) is 14.4. The van der Waals surface area contributed by atoms with Crippen molar-refractivity contribution in [2.75, 3.05) is 37.0 Å². The summed E-state index contributed by atoms with van der Waals surface area (Å²) in [6.07, 6.45) is 1.53. The molecule has 2 aromatic carbocycles. The van der Waals surface area contributed by atoms with Gasteiger partial charge in [0.2, 0.25) is 5.27 Å². The number of ether oxygens (including phenoxy) is 1. The van der Waals surface area contributed by atoms with E-state index in [4.69, 9.17) is 31.6 Å². The van der Waals surface area contributed by atoms with Crippen LogP contribution >= 0.6 is 22.9 Å². The van der Waals surface area contributed by atoms with Crippen molar-refractivity contribution >= 4 is 50.6 Å². The molecule has 6 rings (SSSR count). The summed E-state index contributed by atoms with van der Waals surface area (Å²) < 4.78 is 24.8. The Kier molecular flexibility index (Phi) is 6.40. The van der Waals surface area contributed by atoms with Crippen LogP contribution in [0.15, 0.2) is 70.3 Å². The van der Waals surface area contributed by atoms with E-state index in [1.807, 2.05) is 23.2 Å². The standard InChI is InChI=1S/C26H20ClFN6O3S/c27-17-6-4-15(5-7-17)20-13-19(16-2-1-3-18(28)12-16)22-23(29)24(38-26(22)30-20)25(35)31-21-14-34(32-37-21)33-8-10-36-11-9-33/h1-7,12-14H,8-11H2,(H2-,29,31,32,35). The minimum atomic E-state index is -0.589. The number of nitrogen functional groups attached to an aromatic ring is 1. The SMILES string of the molecule is Nc1c(/C([O-])=N/c2c[n+](N3CCOCC3)no2)sc2nc(-c3ccc(Cl)cc3)cc(-c3cccc(F)c3)c12. The zero-order valence-corrected chi connectivity index (χ0v) is 21.4. The maximum absolute atomic E-state index is 14.2. The number of hydrogen-bond donors (Lipinski definition) is 1. The second-order valence-corrected chi connectivity index (χ2v) is 9.98. The highest BCUT2D eigenvalue weighted by atomic mass is 35.5. The lowest BCUT2D eigenvalue weighted by atomic mass is 9.99. The third kappa shape index (κ3) is 4.67. The molecule has 1 saturated heterocycles. The predicted octanol–water partition coefficient (Wildman–Crippen LogP) is 3.69. The molecule has 12 heteroatoms. The van der Waals surface area contributed by atoms with E-state index in [0.29, 0.717) is 58.4 Å². The van der Waals surface area contributed by atoms with Crippen molar-refractivity contribution < 1.29 is 23.5 Å². The fourth-order valence-corrected chi connectivity index (χ4v) is 5.38. The average Bonchev–Trinajstić information content (AvgIpc) is 3.53. The largest absolute Gasteiger partial charge is 0.857 e. The molecule has 0 radical (unpaired) electrons. The number of benzene rings is 2. The summed E-state index contributed by atoms with van der Waals surface area (Å²) in [6.45, 7) is 2.42.